The zero-order valence-electron chi connectivity index (χ0n) is 15.2. The van der Waals surface area contributed by atoms with Crippen LogP contribution in [0.5, 0.6) is 0 Å². The van der Waals surface area contributed by atoms with Crippen LogP contribution in [0.4, 0.5) is 5.69 Å². The molecule has 2 aromatic rings. The number of rotatable bonds is 4. The van der Waals surface area contributed by atoms with Gasteiger partial charge in [-0.3, -0.25) is 4.79 Å². The van der Waals surface area contributed by atoms with E-state index >= 15 is 0 Å². The maximum absolute atomic E-state index is 13.0. The Labute approximate surface area is 172 Å². The number of benzene rings is 2. The maximum Gasteiger partial charge on any atom is 0.337 e. The van der Waals surface area contributed by atoms with E-state index in [1.807, 2.05) is 0 Å². The molecule has 28 heavy (non-hydrogen) atoms. The van der Waals surface area contributed by atoms with Gasteiger partial charge in [0.15, 0.2) is 5.11 Å². The SMILES string of the molecule is COC(=O)c1ccc([C@@H]2NC(=S)NC(C)=C2C(=O)Nc2ccc(Cl)cc2)cc1. The molecule has 0 radical (unpaired) electrons. The molecule has 1 aliphatic rings. The van der Waals surface area contributed by atoms with Crippen molar-refractivity contribution in [1.29, 1.82) is 0 Å². The Morgan fingerprint density at radius 2 is 1.75 bits per heavy atom. The molecule has 0 saturated heterocycles. The highest BCUT2D eigenvalue weighted by Crippen LogP contribution is 2.28. The second-order valence-electron chi connectivity index (χ2n) is 6.14. The van der Waals surface area contributed by atoms with Crippen LogP contribution in [-0.4, -0.2) is 24.1 Å². The van der Waals surface area contributed by atoms with E-state index in [4.69, 9.17) is 28.6 Å². The molecule has 1 amide bonds. The monoisotopic (exact) mass is 415 g/mol. The number of halogens is 1. The number of carbonyl (C=O) groups excluding carboxylic acids is 2. The van der Waals surface area contributed by atoms with Gasteiger partial charge in [0.2, 0.25) is 0 Å². The first kappa shape index (κ1) is 19.9. The summed E-state index contributed by atoms with van der Waals surface area (Å²) in [5, 5.41) is 9.98. The van der Waals surface area contributed by atoms with Crippen molar-refractivity contribution in [2.75, 3.05) is 12.4 Å². The summed E-state index contributed by atoms with van der Waals surface area (Å²) in [7, 11) is 1.33. The molecule has 8 heteroatoms. The van der Waals surface area contributed by atoms with E-state index in [1.54, 1.807) is 55.5 Å². The summed E-state index contributed by atoms with van der Waals surface area (Å²) in [5.41, 5.74) is 2.99. The van der Waals surface area contributed by atoms with E-state index in [-0.39, 0.29) is 5.91 Å². The summed E-state index contributed by atoms with van der Waals surface area (Å²) in [5.74, 6) is -0.697. The first-order chi connectivity index (χ1) is 13.4. The highest BCUT2D eigenvalue weighted by atomic mass is 35.5. The molecule has 2 aromatic carbocycles. The van der Waals surface area contributed by atoms with E-state index in [2.05, 4.69) is 16.0 Å². The van der Waals surface area contributed by atoms with Crippen LogP contribution in [0.25, 0.3) is 0 Å². The average molecular weight is 416 g/mol. The molecule has 1 atom stereocenters. The Morgan fingerprint density at radius 1 is 1.11 bits per heavy atom. The lowest BCUT2D eigenvalue weighted by molar-refractivity contribution is -0.113. The summed E-state index contributed by atoms with van der Waals surface area (Å²) >= 11 is 11.1. The number of hydrogen-bond acceptors (Lipinski definition) is 4. The molecule has 0 saturated carbocycles. The van der Waals surface area contributed by atoms with Crippen LogP contribution < -0.4 is 16.0 Å². The number of anilines is 1. The fourth-order valence-electron chi connectivity index (χ4n) is 2.91. The molecule has 144 valence electrons. The third-order valence-corrected chi connectivity index (χ3v) is 4.75. The van der Waals surface area contributed by atoms with Gasteiger partial charge in [0.25, 0.3) is 5.91 Å². The number of allylic oxidation sites excluding steroid dienone is 1. The first-order valence-corrected chi connectivity index (χ1v) is 9.21. The summed E-state index contributed by atoms with van der Waals surface area (Å²) in [6.07, 6.45) is 0. The van der Waals surface area contributed by atoms with Crippen molar-refractivity contribution in [2.45, 2.75) is 13.0 Å². The quantitative estimate of drug-likeness (QED) is 0.523. The first-order valence-electron chi connectivity index (χ1n) is 8.42. The lowest BCUT2D eigenvalue weighted by Crippen LogP contribution is -2.45. The number of ether oxygens (including phenoxy) is 1. The van der Waals surface area contributed by atoms with Crippen molar-refractivity contribution in [3.05, 3.63) is 76.0 Å². The highest BCUT2D eigenvalue weighted by molar-refractivity contribution is 7.80. The summed E-state index contributed by atoms with van der Waals surface area (Å²) < 4.78 is 4.72. The third-order valence-electron chi connectivity index (χ3n) is 4.28. The fraction of sp³-hybridized carbons (Fsp3) is 0.150. The van der Waals surface area contributed by atoms with Crippen molar-refractivity contribution in [3.8, 4) is 0 Å². The van der Waals surface area contributed by atoms with Gasteiger partial charge in [-0.2, -0.15) is 0 Å². The summed E-state index contributed by atoms with van der Waals surface area (Å²) in [6.45, 7) is 1.79. The lowest BCUT2D eigenvalue weighted by Gasteiger charge is -2.30. The maximum atomic E-state index is 13.0. The van der Waals surface area contributed by atoms with Gasteiger partial charge in [-0.15, -0.1) is 0 Å². The molecule has 1 heterocycles. The van der Waals surface area contributed by atoms with Crippen molar-refractivity contribution >= 4 is 46.5 Å². The number of hydrogen-bond donors (Lipinski definition) is 3. The number of methoxy groups -OCH3 is 1. The second kappa shape index (κ2) is 8.41. The normalized spacial score (nSPS) is 16.1. The van der Waals surface area contributed by atoms with Gasteiger partial charge in [-0.05, 0) is 61.1 Å². The van der Waals surface area contributed by atoms with E-state index in [1.165, 1.54) is 7.11 Å². The van der Waals surface area contributed by atoms with Crippen LogP contribution in [0.3, 0.4) is 0 Å². The molecule has 0 bridgehead atoms. The van der Waals surface area contributed by atoms with Crippen molar-refractivity contribution in [1.82, 2.24) is 10.6 Å². The van der Waals surface area contributed by atoms with Crippen LogP contribution in [0.2, 0.25) is 5.02 Å². The molecular weight excluding hydrogens is 398 g/mol. The van der Waals surface area contributed by atoms with Gasteiger partial charge in [0.1, 0.15) is 0 Å². The number of carbonyl (C=O) groups is 2. The van der Waals surface area contributed by atoms with Gasteiger partial charge in [0, 0.05) is 16.4 Å². The zero-order chi connectivity index (χ0) is 20.3. The molecule has 3 N–H and O–H groups in total. The molecule has 0 spiro atoms. The molecule has 0 unspecified atom stereocenters. The largest absolute Gasteiger partial charge is 0.465 e. The van der Waals surface area contributed by atoms with Crippen molar-refractivity contribution < 1.29 is 14.3 Å². The highest BCUT2D eigenvalue weighted by Gasteiger charge is 2.30. The Hall–Kier alpha value is -2.90. The van der Waals surface area contributed by atoms with Gasteiger partial charge in [-0.25, -0.2) is 4.79 Å². The van der Waals surface area contributed by atoms with Gasteiger partial charge in [-0.1, -0.05) is 23.7 Å². The van der Waals surface area contributed by atoms with E-state index < -0.39 is 12.0 Å². The minimum Gasteiger partial charge on any atom is -0.465 e. The average Bonchev–Trinajstić information content (AvgIpc) is 2.68. The van der Waals surface area contributed by atoms with Crippen molar-refractivity contribution in [3.63, 3.8) is 0 Å². The van der Waals surface area contributed by atoms with E-state index in [0.717, 1.165) is 5.56 Å². The Bertz CT molecular complexity index is 956. The van der Waals surface area contributed by atoms with Gasteiger partial charge >= 0.3 is 5.97 Å². The molecular formula is C20H18ClN3O3S. The number of nitrogens with one attached hydrogen (secondary N) is 3. The molecule has 1 aliphatic heterocycles. The minimum absolute atomic E-state index is 0.274. The molecule has 0 fully saturated rings. The standard InChI is InChI=1S/C20H18ClN3O3S/c1-11-16(18(25)23-15-9-7-14(21)8-10-15)17(24-20(28)22-11)12-3-5-13(6-4-12)19(26)27-2/h3-10,17H,1-2H3,(H,23,25)(H2,22,24,28)/t17-/m0/s1. The van der Waals surface area contributed by atoms with Gasteiger partial charge < -0.3 is 20.7 Å². The number of esters is 1. The molecule has 0 aliphatic carbocycles. The topological polar surface area (TPSA) is 79.5 Å². The molecule has 3 rings (SSSR count). The minimum atomic E-state index is -0.465. The van der Waals surface area contributed by atoms with Gasteiger partial charge in [0.05, 0.1) is 24.3 Å². The smallest absolute Gasteiger partial charge is 0.337 e. The van der Waals surface area contributed by atoms with E-state index in [9.17, 15) is 9.59 Å². The third kappa shape index (κ3) is 4.32. The summed E-state index contributed by atoms with van der Waals surface area (Å²) in [4.78, 5) is 24.6. The number of thiocarbonyl (C=S) groups is 1. The molecule has 0 aromatic heterocycles. The Kier molecular flexibility index (Phi) is 5.96. The fourth-order valence-corrected chi connectivity index (χ4v) is 3.30. The Balaban J connectivity index is 1.90. The Morgan fingerprint density at radius 3 is 2.36 bits per heavy atom. The van der Waals surface area contributed by atoms with Crippen molar-refractivity contribution in [2.24, 2.45) is 0 Å². The molecule has 6 nitrogen and oxygen atoms in total. The zero-order valence-corrected chi connectivity index (χ0v) is 16.8. The lowest BCUT2D eigenvalue weighted by atomic mass is 9.94. The van der Waals surface area contributed by atoms with Crippen LogP contribution in [-0.2, 0) is 9.53 Å². The van der Waals surface area contributed by atoms with Crippen LogP contribution in [0, 0.1) is 0 Å². The second-order valence-corrected chi connectivity index (χ2v) is 6.99. The predicted octanol–water partition coefficient (Wildman–Crippen LogP) is 3.56. The van der Waals surface area contributed by atoms with E-state index in [0.29, 0.717) is 32.7 Å². The van der Waals surface area contributed by atoms with Crippen LogP contribution in [0.1, 0.15) is 28.9 Å². The number of amides is 1. The summed E-state index contributed by atoms with van der Waals surface area (Å²) in [6, 6.07) is 13.2. The predicted molar refractivity (Wildman–Crippen MR) is 112 cm³/mol. The van der Waals surface area contributed by atoms with Crippen LogP contribution >= 0.6 is 23.8 Å². The van der Waals surface area contributed by atoms with Crippen LogP contribution in [0.15, 0.2) is 59.8 Å².